The lowest BCUT2D eigenvalue weighted by molar-refractivity contribution is 0.0929. The van der Waals surface area contributed by atoms with Crippen LogP contribution in [0.3, 0.4) is 0 Å². The Kier molecular flexibility index (Phi) is 4.37. The number of hydrogen-bond acceptors (Lipinski definition) is 3. The summed E-state index contributed by atoms with van der Waals surface area (Å²) in [7, 11) is 2.06. The number of anilines is 1. The maximum atomic E-state index is 13.3. The first-order valence-corrected chi connectivity index (χ1v) is 6.62. The Hall–Kier alpha value is -1.62. The monoisotopic (exact) mass is 265 g/mol. The van der Waals surface area contributed by atoms with E-state index in [0.717, 1.165) is 13.0 Å². The Bertz CT molecular complexity index is 464. The Labute approximate surface area is 112 Å². The summed E-state index contributed by atoms with van der Waals surface area (Å²) in [5.74, 6) is -0.863. The molecule has 0 bridgehead atoms. The van der Waals surface area contributed by atoms with Gasteiger partial charge in [0.05, 0.1) is 11.3 Å². The van der Waals surface area contributed by atoms with Gasteiger partial charge in [-0.1, -0.05) is 12.5 Å². The number of likely N-dealkylation sites (tertiary alicyclic amines) is 1. The second-order valence-corrected chi connectivity index (χ2v) is 5.04. The van der Waals surface area contributed by atoms with Gasteiger partial charge in [0.2, 0.25) is 0 Å². The molecule has 1 aromatic rings. The van der Waals surface area contributed by atoms with Crippen LogP contribution in [0.25, 0.3) is 0 Å². The number of carbonyl (C=O) groups excluding carboxylic acids is 1. The van der Waals surface area contributed by atoms with Crippen molar-refractivity contribution >= 4 is 11.6 Å². The Morgan fingerprint density at radius 3 is 3.05 bits per heavy atom. The van der Waals surface area contributed by atoms with Gasteiger partial charge in [-0.2, -0.15) is 0 Å². The molecule has 1 saturated heterocycles. The lowest BCUT2D eigenvalue weighted by atomic mass is 10.0. The van der Waals surface area contributed by atoms with Crippen molar-refractivity contribution in [2.75, 3.05) is 25.9 Å². The van der Waals surface area contributed by atoms with E-state index in [1.54, 1.807) is 6.07 Å². The summed E-state index contributed by atoms with van der Waals surface area (Å²) in [6.45, 7) is 1.63. The van der Waals surface area contributed by atoms with Crippen molar-refractivity contribution in [2.45, 2.75) is 25.3 Å². The van der Waals surface area contributed by atoms with Crippen LogP contribution in [0.4, 0.5) is 10.1 Å². The predicted octanol–water partition coefficient (Wildman–Crippen LogP) is 1.62. The van der Waals surface area contributed by atoms with E-state index in [1.165, 1.54) is 25.0 Å². The van der Waals surface area contributed by atoms with Gasteiger partial charge in [0.25, 0.3) is 5.91 Å². The highest BCUT2D eigenvalue weighted by molar-refractivity contribution is 5.99. The molecule has 5 heteroatoms. The molecule has 1 unspecified atom stereocenters. The first kappa shape index (κ1) is 13.8. The smallest absolute Gasteiger partial charge is 0.253 e. The average molecular weight is 265 g/mol. The molecule has 19 heavy (non-hydrogen) atoms. The first-order chi connectivity index (χ1) is 9.09. The molecule has 1 aromatic carbocycles. The van der Waals surface area contributed by atoms with Gasteiger partial charge >= 0.3 is 0 Å². The van der Waals surface area contributed by atoms with Gasteiger partial charge < -0.3 is 16.0 Å². The van der Waals surface area contributed by atoms with Crippen LogP contribution in [0.2, 0.25) is 0 Å². The second-order valence-electron chi connectivity index (χ2n) is 5.04. The fourth-order valence-electron chi connectivity index (χ4n) is 2.44. The van der Waals surface area contributed by atoms with Crippen LogP contribution in [0.15, 0.2) is 18.2 Å². The number of nitrogen functional groups attached to an aromatic ring is 1. The molecule has 0 spiro atoms. The molecule has 3 N–H and O–H groups in total. The normalized spacial score (nSPS) is 20.2. The van der Waals surface area contributed by atoms with Gasteiger partial charge in [-0.05, 0) is 38.6 Å². The average Bonchev–Trinajstić information content (AvgIpc) is 2.40. The molecule has 0 radical (unpaired) electrons. The van der Waals surface area contributed by atoms with Crippen molar-refractivity contribution in [2.24, 2.45) is 0 Å². The topological polar surface area (TPSA) is 58.4 Å². The van der Waals surface area contributed by atoms with E-state index in [0.29, 0.717) is 12.6 Å². The van der Waals surface area contributed by atoms with Crippen molar-refractivity contribution in [3.63, 3.8) is 0 Å². The molecule has 1 fully saturated rings. The van der Waals surface area contributed by atoms with Crippen molar-refractivity contribution in [1.29, 1.82) is 0 Å². The third-order valence-corrected chi connectivity index (χ3v) is 3.72. The summed E-state index contributed by atoms with van der Waals surface area (Å²) >= 11 is 0. The first-order valence-electron chi connectivity index (χ1n) is 6.62. The summed E-state index contributed by atoms with van der Waals surface area (Å²) in [5.41, 5.74) is 5.69. The Morgan fingerprint density at radius 2 is 2.32 bits per heavy atom. The number of hydrogen-bond donors (Lipinski definition) is 2. The molecule has 4 nitrogen and oxygen atoms in total. The summed E-state index contributed by atoms with van der Waals surface area (Å²) in [4.78, 5) is 14.2. The molecule has 104 valence electrons. The number of benzene rings is 1. The van der Waals surface area contributed by atoms with Crippen LogP contribution < -0.4 is 11.1 Å². The molecular formula is C14H20FN3O. The zero-order valence-electron chi connectivity index (χ0n) is 11.2. The van der Waals surface area contributed by atoms with E-state index < -0.39 is 5.82 Å². The van der Waals surface area contributed by atoms with Crippen LogP contribution in [-0.2, 0) is 0 Å². The van der Waals surface area contributed by atoms with Crippen molar-refractivity contribution in [3.05, 3.63) is 29.6 Å². The van der Waals surface area contributed by atoms with Gasteiger partial charge in [-0.25, -0.2) is 4.39 Å². The number of nitrogens with two attached hydrogens (primary N) is 1. The zero-order valence-corrected chi connectivity index (χ0v) is 11.2. The van der Waals surface area contributed by atoms with Gasteiger partial charge in [0.1, 0.15) is 5.82 Å². The van der Waals surface area contributed by atoms with E-state index in [9.17, 15) is 9.18 Å². The maximum absolute atomic E-state index is 13.3. The SMILES string of the molecule is CN1CCCCC1CNC(=O)c1cccc(F)c1N. The quantitative estimate of drug-likeness (QED) is 0.817. The summed E-state index contributed by atoms with van der Waals surface area (Å²) in [5, 5.41) is 2.84. The second kappa shape index (κ2) is 6.02. The number of para-hydroxylation sites is 1. The Balaban J connectivity index is 1.95. The van der Waals surface area contributed by atoms with Crippen LogP contribution in [-0.4, -0.2) is 37.0 Å². The zero-order chi connectivity index (χ0) is 13.8. The molecule has 1 atom stereocenters. The fourth-order valence-corrected chi connectivity index (χ4v) is 2.44. The summed E-state index contributed by atoms with van der Waals surface area (Å²) in [6.07, 6.45) is 3.47. The number of carbonyl (C=O) groups is 1. The third-order valence-electron chi connectivity index (χ3n) is 3.72. The number of piperidine rings is 1. The van der Waals surface area contributed by atoms with Crippen LogP contribution in [0.1, 0.15) is 29.6 Å². The van der Waals surface area contributed by atoms with E-state index in [1.807, 2.05) is 0 Å². The highest BCUT2D eigenvalue weighted by Crippen LogP contribution is 2.17. The number of amides is 1. The van der Waals surface area contributed by atoms with Gasteiger partial charge in [-0.15, -0.1) is 0 Å². The number of nitrogens with zero attached hydrogens (tertiary/aromatic N) is 1. The van der Waals surface area contributed by atoms with Crippen LogP contribution >= 0.6 is 0 Å². The highest BCUT2D eigenvalue weighted by Gasteiger charge is 2.20. The fraction of sp³-hybridized carbons (Fsp3) is 0.500. The molecule has 0 aliphatic carbocycles. The standard InChI is InChI=1S/C14H20FN3O/c1-18-8-3-2-5-10(18)9-17-14(19)11-6-4-7-12(15)13(11)16/h4,6-7,10H,2-3,5,8-9,16H2,1H3,(H,17,19). The molecule has 1 heterocycles. The molecule has 1 aliphatic heterocycles. The number of nitrogens with one attached hydrogen (secondary N) is 1. The minimum Gasteiger partial charge on any atom is -0.396 e. The van der Waals surface area contributed by atoms with E-state index in [-0.39, 0.29) is 17.2 Å². The highest BCUT2D eigenvalue weighted by atomic mass is 19.1. The molecule has 0 aromatic heterocycles. The van der Waals surface area contributed by atoms with Crippen LogP contribution in [0, 0.1) is 5.82 Å². The van der Waals surface area contributed by atoms with Crippen molar-refractivity contribution in [1.82, 2.24) is 10.2 Å². The number of halogens is 1. The molecule has 0 saturated carbocycles. The van der Waals surface area contributed by atoms with E-state index >= 15 is 0 Å². The maximum Gasteiger partial charge on any atom is 0.253 e. The van der Waals surface area contributed by atoms with E-state index in [2.05, 4.69) is 17.3 Å². The van der Waals surface area contributed by atoms with Crippen LogP contribution in [0.5, 0.6) is 0 Å². The van der Waals surface area contributed by atoms with Gasteiger partial charge in [-0.3, -0.25) is 4.79 Å². The minimum absolute atomic E-state index is 0.0861. The summed E-state index contributed by atoms with van der Waals surface area (Å²) in [6, 6.07) is 4.64. The minimum atomic E-state index is -0.553. The molecule has 2 rings (SSSR count). The van der Waals surface area contributed by atoms with E-state index in [4.69, 9.17) is 5.73 Å². The lowest BCUT2D eigenvalue weighted by Crippen LogP contribution is -2.44. The Morgan fingerprint density at radius 1 is 1.53 bits per heavy atom. The molecular weight excluding hydrogens is 245 g/mol. The number of likely N-dealkylation sites (N-methyl/N-ethyl adjacent to an activating group) is 1. The molecule has 1 aliphatic rings. The van der Waals surface area contributed by atoms with Gasteiger partial charge in [0, 0.05) is 12.6 Å². The molecule has 1 amide bonds. The van der Waals surface area contributed by atoms with Crippen molar-refractivity contribution < 1.29 is 9.18 Å². The largest absolute Gasteiger partial charge is 0.396 e. The number of rotatable bonds is 3. The van der Waals surface area contributed by atoms with Gasteiger partial charge in [0.15, 0.2) is 0 Å². The summed E-state index contributed by atoms with van der Waals surface area (Å²) < 4.78 is 13.3. The third kappa shape index (κ3) is 3.23. The lowest BCUT2D eigenvalue weighted by Gasteiger charge is -2.32. The van der Waals surface area contributed by atoms with Crippen molar-refractivity contribution in [3.8, 4) is 0 Å². The predicted molar refractivity (Wildman–Crippen MR) is 73.4 cm³/mol.